The van der Waals surface area contributed by atoms with E-state index in [0.29, 0.717) is 0 Å². The number of hydrogen-bond acceptors (Lipinski definition) is 4. The largest absolute Gasteiger partial charge is 0.372 e. The van der Waals surface area contributed by atoms with Crippen LogP contribution >= 0.6 is 11.8 Å². The molecule has 50 heavy (non-hydrogen) atoms. The normalized spacial score (nSPS) is 12.5. The minimum atomic E-state index is 0.935. The summed E-state index contributed by atoms with van der Waals surface area (Å²) in [6.45, 7) is 16.8. The molecule has 4 aromatic carbocycles. The molecule has 1 heterocycles. The van der Waals surface area contributed by atoms with Crippen LogP contribution in [0.15, 0.2) is 94.7 Å². The predicted molar refractivity (Wildman–Crippen MR) is 224 cm³/mol. The Morgan fingerprint density at radius 3 is 1.14 bits per heavy atom. The van der Waals surface area contributed by atoms with Crippen LogP contribution < -0.4 is 14.7 Å². The number of nitrogens with zero attached hydrogens (tertiary/aromatic N) is 3. The van der Waals surface area contributed by atoms with E-state index in [0.717, 1.165) is 32.7 Å². The fourth-order valence-corrected chi connectivity index (χ4v) is 7.77. The standard InChI is InChI=1S/C46H59N3S/c1-6-11-31-47(32-12-7-2)41-25-19-37(20-26-41)15-17-39-23-29-43-45(35-39)50-46-36-40(24-30-44(46)49(43)10-5)18-16-38-21-27-42(28-22-38)48(33-13-8-3)34-14-9-4/h15-30,35-36H,6-14,31-34H2,1-5H3/b17-15+,18-16+. The molecule has 1 aliphatic rings. The molecule has 0 saturated carbocycles. The Labute approximate surface area is 308 Å². The summed E-state index contributed by atoms with van der Waals surface area (Å²) < 4.78 is 0. The SMILES string of the molecule is CCCCN(CCCC)c1ccc(/C=C/c2ccc3c(c2)Sc2cc(/C=C/c4ccc(N(CCCC)CCCC)cc4)ccc2N3CC)cc1. The van der Waals surface area contributed by atoms with Gasteiger partial charge in [0.1, 0.15) is 0 Å². The summed E-state index contributed by atoms with van der Waals surface area (Å²) in [5.74, 6) is 0. The van der Waals surface area contributed by atoms with E-state index in [1.807, 2.05) is 11.8 Å². The second kappa shape index (κ2) is 19.5. The van der Waals surface area contributed by atoms with Gasteiger partial charge in [-0.3, -0.25) is 0 Å². The van der Waals surface area contributed by atoms with Crippen LogP contribution in [0.3, 0.4) is 0 Å². The lowest BCUT2D eigenvalue weighted by Gasteiger charge is -2.32. The van der Waals surface area contributed by atoms with Gasteiger partial charge in [0.2, 0.25) is 0 Å². The van der Waals surface area contributed by atoms with Crippen LogP contribution in [0.4, 0.5) is 22.7 Å². The van der Waals surface area contributed by atoms with Crippen LogP contribution in [0.1, 0.15) is 108 Å². The van der Waals surface area contributed by atoms with Gasteiger partial charge in [-0.25, -0.2) is 0 Å². The summed E-state index contributed by atoms with van der Waals surface area (Å²) in [6, 6.07) is 32.0. The molecule has 0 aliphatic carbocycles. The maximum absolute atomic E-state index is 2.55. The van der Waals surface area contributed by atoms with Gasteiger partial charge in [0.15, 0.2) is 0 Å². The molecule has 4 heteroatoms. The number of unbranched alkanes of at least 4 members (excludes halogenated alkanes) is 4. The lowest BCUT2D eigenvalue weighted by atomic mass is 10.1. The first kappa shape index (κ1) is 37.4. The summed E-state index contributed by atoms with van der Waals surface area (Å²) in [7, 11) is 0. The van der Waals surface area contributed by atoms with Gasteiger partial charge < -0.3 is 14.7 Å². The average molecular weight is 686 g/mol. The molecular weight excluding hydrogens is 627 g/mol. The van der Waals surface area contributed by atoms with E-state index in [-0.39, 0.29) is 0 Å². The van der Waals surface area contributed by atoms with Crippen molar-refractivity contribution >= 4 is 58.8 Å². The van der Waals surface area contributed by atoms with Gasteiger partial charge in [0.05, 0.1) is 11.4 Å². The van der Waals surface area contributed by atoms with E-state index in [9.17, 15) is 0 Å². The molecule has 0 amide bonds. The number of fused-ring (bicyclic) bond motifs is 2. The first-order valence-corrected chi connectivity index (χ1v) is 20.2. The van der Waals surface area contributed by atoms with Crippen LogP contribution in [0.25, 0.3) is 24.3 Å². The van der Waals surface area contributed by atoms with E-state index in [1.54, 1.807) is 0 Å². The van der Waals surface area contributed by atoms with Crippen LogP contribution in [0, 0.1) is 0 Å². The third-order valence-electron chi connectivity index (χ3n) is 9.66. The summed E-state index contributed by atoms with van der Waals surface area (Å²) in [4.78, 5) is 10.2. The molecule has 1 aliphatic heterocycles. The molecule has 264 valence electrons. The van der Waals surface area contributed by atoms with Crippen molar-refractivity contribution in [2.75, 3.05) is 47.4 Å². The van der Waals surface area contributed by atoms with Crippen molar-refractivity contribution in [3.8, 4) is 0 Å². The van der Waals surface area contributed by atoms with E-state index in [1.165, 1.54) is 106 Å². The minimum absolute atomic E-state index is 0.935. The zero-order valence-electron chi connectivity index (χ0n) is 31.3. The smallest absolute Gasteiger partial charge is 0.0553 e. The molecule has 0 bridgehead atoms. The molecule has 3 nitrogen and oxygen atoms in total. The predicted octanol–water partition coefficient (Wildman–Crippen LogP) is 13.5. The molecule has 0 radical (unpaired) electrons. The molecule has 4 aromatic rings. The quantitative estimate of drug-likeness (QED) is 0.0909. The van der Waals surface area contributed by atoms with Gasteiger partial charge in [-0.15, -0.1) is 0 Å². The van der Waals surface area contributed by atoms with Crippen molar-refractivity contribution in [1.82, 2.24) is 0 Å². The van der Waals surface area contributed by atoms with E-state index >= 15 is 0 Å². The van der Waals surface area contributed by atoms with E-state index < -0.39 is 0 Å². The summed E-state index contributed by atoms with van der Waals surface area (Å²) in [5.41, 5.74) is 10.2. The van der Waals surface area contributed by atoms with Crippen molar-refractivity contribution in [3.63, 3.8) is 0 Å². The zero-order chi connectivity index (χ0) is 35.1. The Morgan fingerprint density at radius 1 is 0.460 bits per heavy atom. The maximum Gasteiger partial charge on any atom is 0.0553 e. The highest BCUT2D eigenvalue weighted by atomic mass is 32.2. The summed E-state index contributed by atoms with van der Waals surface area (Å²) >= 11 is 1.89. The second-order valence-corrected chi connectivity index (χ2v) is 14.6. The van der Waals surface area contributed by atoms with Crippen LogP contribution in [-0.4, -0.2) is 32.7 Å². The Bertz CT molecular complexity index is 1530. The topological polar surface area (TPSA) is 9.72 Å². The molecule has 0 N–H and O–H groups in total. The average Bonchev–Trinajstić information content (AvgIpc) is 3.15. The van der Waals surface area contributed by atoms with E-state index in [2.05, 4.69) is 159 Å². The summed E-state index contributed by atoms with van der Waals surface area (Å²) in [5, 5.41) is 0. The Kier molecular flexibility index (Phi) is 14.6. The number of rotatable bonds is 19. The fourth-order valence-electron chi connectivity index (χ4n) is 6.58. The molecule has 0 fully saturated rings. The maximum atomic E-state index is 2.55. The highest BCUT2D eigenvalue weighted by molar-refractivity contribution is 7.99. The highest BCUT2D eigenvalue weighted by Crippen LogP contribution is 2.48. The van der Waals surface area contributed by atoms with Gasteiger partial charge in [0.25, 0.3) is 0 Å². The first-order valence-electron chi connectivity index (χ1n) is 19.4. The van der Waals surface area contributed by atoms with Crippen LogP contribution in [-0.2, 0) is 0 Å². The number of anilines is 4. The van der Waals surface area contributed by atoms with Gasteiger partial charge in [-0.2, -0.15) is 0 Å². The Hall–Kier alpha value is -3.89. The number of benzene rings is 4. The van der Waals surface area contributed by atoms with Gasteiger partial charge in [-0.1, -0.05) is 126 Å². The molecule has 0 spiro atoms. The molecule has 0 atom stereocenters. The fraction of sp³-hybridized carbons (Fsp3) is 0.391. The van der Waals surface area contributed by atoms with Crippen molar-refractivity contribution in [1.29, 1.82) is 0 Å². The van der Waals surface area contributed by atoms with Crippen LogP contribution in [0.5, 0.6) is 0 Å². The van der Waals surface area contributed by atoms with E-state index in [4.69, 9.17) is 0 Å². The van der Waals surface area contributed by atoms with Crippen molar-refractivity contribution < 1.29 is 0 Å². The minimum Gasteiger partial charge on any atom is -0.372 e. The molecular formula is C46H59N3S. The lowest BCUT2D eigenvalue weighted by Crippen LogP contribution is -2.25. The van der Waals surface area contributed by atoms with Crippen molar-refractivity contribution in [2.24, 2.45) is 0 Å². The zero-order valence-corrected chi connectivity index (χ0v) is 32.2. The third-order valence-corrected chi connectivity index (χ3v) is 10.8. The van der Waals surface area contributed by atoms with Gasteiger partial charge >= 0.3 is 0 Å². The molecule has 5 rings (SSSR count). The molecule has 0 aromatic heterocycles. The number of hydrogen-bond donors (Lipinski definition) is 0. The highest BCUT2D eigenvalue weighted by Gasteiger charge is 2.22. The van der Waals surface area contributed by atoms with Gasteiger partial charge in [-0.05, 0) is 103 Å². The Balaban J connectivity index is 1.27. The van der Waals surface area contributed by atoms with Gasteiger partial charge in [0, 0.05) is 53.9 Å². The lowest BCUT2D eigenvalue weighted by molar-refractivity contribution is 0.678. The monoisotopic (exact) mass is 685 g/mol. The Morgan fingerprint density at radius 2 is 0.800 bits per heavy atom. The van der Waals surface area contributed by atoms with Crippen molar-refractivity contribution in [2.45, 2.75) is 95.8 Å². The molecule has 0 unspecified atom stereocenters. The third kappa shape index (κ3) is 10.1. The molecule has 0 saturated heterocycles. The second-order valence-electron chi connectivity index (χ2n) is 13.5. The summed E-state index contributed by atoms with van der Waals surface area (Å²) in [6.07, 6.45) is 18.9. The first-order chi connectivity index (χ1) is 24.6. The van der Waals surface area contributed by atoms with Crippen molar-refractivity contribution in [3.05, 3.63) is 107 Å². The van der Waals surface area contributed by atoms with Crippen LogP contribution in [0.2, 0.25) is 0 Å².